The number of thiophene rings is 1. The number of ether oxygens (including phenoxy) is 3. The fourth-order valence-electron chi connectivity index (χ4n) is 3.10. The largest absolute Gasteiger partial charge is 0.465 e. The van der Waals surface area contributed by atoms with Gasteiger partial charge < -0.3 is 24.8 Å². The molecule has 2 heterocycles. The SMILES string of the molecule is COC(=O)c1c(NC(=O)c2ccc3c(c2)OCO3)sc(C(=O)Nc2ccc(Cl)cc2)c1C. The van der Waals surface area contributed by atoms with Crippen LogP contribution < -0.4 is 20.1 Å². The standard InChI is InChI=1S/C22H17ClN2O6S/c1-11-17(22(28)29-2)21(25-19(26)12-3-8-15-16(9-12)31-10-30-15)32-18(11)20(27)24-14-6-4-13(23)5-7-14/h3-9H,10H2,1-2H3,(H,24,27)(H,25,26). The molecule has 0 aliphatic carbocycles. The van der Waals surface area contributed by atoms with Crippen LogP contribution in [-0.4, -0.2) is 31.7 Å². The summed E-state index contributed by atoms with van der Waals surface area (Å²) in [6.45, 7) is 1.71. The average molecular weight is 473 g/mol. The van der Waals surface area contributed by atoms with Crippen LogP contribution >= 0.6 is 22.9 Å². The molecule has 1 aromatic heterocycles. The molecule has 0 saturated heterocycles. The molecule has 1 aliphatic heterocycles. The predicted octanol–water partition coefficient (Wildman–Crippen LogP) is 4.73. The molecule has 0 radical (unpaired) electrons. The number of fused-ring (bicyclic) bond motifs is 1. The highest BCUT2D eigenvalue weighted by molar-refractivity contribution is 7.19. The Morgan fingerprint density at radius 2 is 1.72 bits per heavy atom. The third kappa shape index (κ3) is 4.25. The van der Waals surface area contributed by atoms with E-state index in [9.17, 15) is 14.4 Å². The topological polar surface area (TPSA) is 103 Å². The van der Waals surface area contributed by atoms with Crippen molar-refractivity contribution in [2.24, 2.45) is 0 Å². The summed E-state index contributed by atoms with van der Waals surface area (Å²) >= 11 is 6.86. The number of hydrogen-bond donors (Lipinski definition) is 2. The molecule has 3 aromatic rings. The van der Waals surface area contributed by atoms with Crippen LogP contribution in [0.25, 0.3) is 0 Å². The van der Waals surface area contributed by atoms with Crippen molar-refractivity contribution in [1.29, 1.82) is 0 Å². The molecule has 0 saturated carbocycles. The van der Waals surface area contributed by atoms with E-state index in [1.54, 1.807) is 49.4 Å². The van der Waals surface area contributed by atoms with Crippen LogP contribution in [0.1, 0.15) is 36.0 Å². The highest BCUT2D eigenvalue weighted by Crippen LogP contribution is 2.36. The lowest BCUT2D eigenvalue weighted by Crippen LogP contribution is -2.14. The summed E-state index contributed by atoms with van der Waals surface area (Å²) in [6, 6.07) is 11.4. The first kappa shape index (κ1) is 21.7. The molecule has 164 valence electrons. The van der Waals surface area contributed by atoms with Crippen molar-refractivity contribution in [3.63, 3.8) is 0 Å². The first-order valence-electron chi connectivity index (χ1n) is 9.37. The summed E-state index contributed by atoms with van der Waals surface area (Å²) < 4.78 is 15.4. The monoisotopic (exact) mass is 472 g/mol. The minimum Gasteiger partial charge on any atom is -0.465 e. The second-order valence-corrected chi connectivity index (χ2v) is 8.19. The predicted molar refractivity (Wildman–Crippen MR) is 120 cm³/mol. The van der Waals surface area contributed by atoms with Crippen molar-refractivity contribution in [3.8, 4) is 11.5 Å². The van der Waals surface area contributed by atoms with E-state index in [-0.39, 0.29) is 22.2 Å². The van der Waals surface area contributed by atoms with E-state index in [0.717, 1.165) is 11.3 Å². The van der Waals surface area contributed by atoms with Crippen LogP contribution in [-0.2, 0) is 4.74 Å². The first-order chi connectivity index (χ1) is 15.4. The lowest BCUT2D eigenvalue weighted by Gasteiger charge is -2.07. The van der Waals surface area contributed by atoms with Crippen LogP contribution in [0, 0.1) is 6.92 Å². The number of methoxy groups -OCH3 is 1. The molecule has 10 heteroatoms. The lowest BCUT2D eigenvalue weighted by molar-refractivity contribution is 0.0601. The van der Waals surface area contributed by atoms with Gasteiger partial charge >= 0.3 is 5.97 Å². The Labute approximate surface area is 192 Å². The third-order valence-electron chi connectivity index (χ3n) is 4.71. The van der Waals surface area contributed by atoms with Crippen molar-refractivity contribution in [1.82, 2.24) is 0 Å². The molecule has 0 spiro atoms. The number of carbonyl (C=O) groups is 3. The Kier molecular flexibility index (Phi) is 6.02. The number of halogens is 1. The summed E-state index contributed by atoms with van der Waals surface area (Å²) in [4.78, 5) is 38.3. The van der Waals surface area contributed by atoms with Gasteiger partial charge in [0.2, 0.25) is 6.79 Å². The zero-order valence-corrected chi connectivity index (χ0v) is 18.6. The van der Waals surface area contributed by atoms with Crippen molar-refractivity contribution in [2.45, 2.75) is 6.92 Å². The Bertz CT molecular complexity index is 1220. The van der Waals surface area contributed by atoms with Crippen LogP contribution in [0.5, 0.6) is 11.5 Å². The van der Waals surface area contributed by atoms with Crippen molar-refractivity contribution < 1.29 is 28.6 Å². The number of esters is 1. The molecule has 0 fully saturated rings. The number of rotatable bonds is 5. The Morgan fingerprint density at radius 3 is 2.44 bits per heavy atom. The minimum absolute atomic E-state index is 0.0864. The number of amides is 2. The molecular formula is C22H17ClN2O6S. The van der Waals surface area contributed by atoms with Crippen molar-refractivity contribution >= 4 is 51.4 Å². The van der Waals surface area contributed by atoms with Gasteiger partial charge in [0.1, 0.15) is 5.00 Å². The summed E-state index contributed by atoms with van der Waals surface area (Å²) in [7, 11) is 1.23. The van der Waals surface area contributed by atoms with E-state index in [4.69, 9.17) is 25.8 Å². The van der Waals surface area contributed by atoms with E-state index in [1.807, 2.05) is 0 Å². The highest BCUT2D eigenvalue weighted by Gasteiger charge is 2.27. The number of benzene rings is 2. The number of hydrogen-bond acceptors (Lipinski definition) is 7. The Morgan fingerprint density at radius 1 is 1.00 bits per heavy atom. The van der Waals surface area contributed by atoms with Gasteiger partial charge in [0, 0.05) is 16.3 Å². The maximum Gasteiger partial charge on any atom is 0.341 e. The first-order valence-corrected chi connectivity index (χ1v) is 10.6. The zero-order chi connectivity index (χ0) is 22.8. The normalized spacial score (nSPS) is 11.7. The Hall–Kier alpha value is -3.56. The molecular weight excluding hydrogens is 456 g/mol. The molecule has 2 N–H and O–H groups in total. The van der Waals surface area contributed by atoms with Crippen LogP contribution in [0.15, 0.2) is 42.5 Å². The van der Waals surface area contributed by atoms with Gasteiger partial charge in [-0.05, 0) is 55.0 Å². The second-order valence-electron chi connectivity index (χ2n) is 6.74. The number of anilines is 2. The molecule has 0 bridgehead atoms. The molecule has 0 atom stereocenters. The third-order valence-corrected chi connectivity index (χ3v) is 6.16. The minimum atomic E-state index is -0.662. The van der Waals surface area contributed by atoms with Crippen LogP contribution in [0.2, 0.25) is 5.02 Å². The maximum absolute atomic E-state index is 12.9. The summed E-state index contributed by atoms with van der Waals surface area (Å²) in [5.41, 5.74) is 1.36. The summed E-state index contributed by atoms with van der Waals surface area (Å²) in [5, 5.41) is 6.21. The van der Waals surface area contributed by atoms with Gasteiger partial charge in [0.05, 0.1) is 17.6 Å². The van der Waals surface area contributed by atoms with Gasteiger partial charge in [-0.1, -0.05) is 11.6 Å². The fourth-order valence-corrected chi connectivity index (χ4v) is 4.31. The van der Waals surface area contributed by atoms with E-state index >= 15 is 0 Å². The summed E-state index contributed by atoms with van der Waals surface area (Å²) in [6.07, 6.45) is 0. The van der Waals surface area contributed by atoms with Crippen LogP contribution in [0.4, 0.5) is 10.7 Å². The molecule has 2 aromatic carbocycles. The van der Waals surface area contributed by atoms with Gasteiger partial charge in [-0.15, -0.1) is 11.3 Å². The molecule has 4 rings (SSSR count). The van der Waals surface area contributed by atoms with E-state index < -0.39 is 17.8 Å². The van der Waals surface area contributed by atoms with Crippen molar-refractivity contribution in [3.05, 3.63) is 69.1 Å². The molecule has 1 aliphatic rings. The van der Waals surface area contributed by atoms with E-state index in [2.05, 4.69) is 10.6 Å². The zero-order valence-electron chi connectivity index (χ0n) is 17.0. The van der Waals surface area contributed by atoms with Gasteiger partial charge in [0.25, 0.3) is 11.8 Å². The fraction of sp³-hybridized carbons (Fsp3) is 0.136. The number of nitrogens with one attached hydrogen (secondary N) is 2. The number of carbonyl (C=O) groups excluding carboxylic acids is 3. The molecule has 8 nitrogen and oxygen atoms in total. The average Bonchev–Trinajstić information content (AvgIpc) is 3.38. The quantitative estimate of drug-likeness (QED) is 0.520. The highest BCUT2D eigenvalue weighted by atomic mass is 35.5. The smallest absolute Gasteiger partial charge is 0.341 e. The van der Waals surface area contributed by atoms with Crippen molar-refractivity contribution in [2.75, 3.05) is 24.5 Å². The van der Waals surface area contributed by atoms with Crippen LogP contribution in [0.3, 0.4) is 0 Å². The van der Waals surface area contributed by atoms with Gasteiger partial charge in [-0.3, -0.25) is 9.59 Å². The summed E-state index contributed by atoms with van der Waals surface area (Å²) in [5.74, 6) is -0.561. The lowest BCUT2D eigenvalue weighted by atomic mass is 10.1. The molecule has 2 amide bonds. The Balaban J connectivity index is 1.62. The molecule has 0 unspecified atom stereocenters. The van der Waals surface area contributed by atoms with Gasteiger partial charge in [0.15, 0.2) is 11.5 Å². The maximum atomic E-state index is 12.9. The molecule has 32 heavy (non-hydrogen) atoms. The van der Waals surface area contributed by atoms with Gasteiger partial charge in [-0.2, -0.15) is 0 Å². The van der Waals surface area contributed by atoms with Gasteiger partial charge in [-0.25, -0.2) is 4.79 Å². The van der Waals surface area contributed by atoms with E-state index in [1.165, 1.54) is 7.11 Å². The second kappa shape index (κ2) is 8.89. The van der Waals surface area contributed by atoms with E-state index in [0.29, 0.717) is 33.3 Å².